The lowest BCUT2D eigenvalue weighted by atomic mass is 10.1. The summed E-state index contributed by atoms with van der Waals surface area (Å²) in [5.41, 5.74) is 3.77. The van der Waals surface area contributed by atoms with Gasteiger partial charge in [0.25, 0.3) is 21.5 Å². The van der Waals surface area contributed by atoms with Crippen molar-refractivity contribution in [1.82, 2.24) is 9.36 Å². The van der Waals surface area contributed by atoms with Gasteiger partial charge >= 0.3 is 0 Å². The van der Waals surface area contributed by atoms with E-state index in [1.165, 1.54) is 27.2 Å². The van der Waals surface area contributed by atoms with Gasteiger partial charge in [0, 0.05) is 12.1 Å². The van der Waals surface area contributed by atoms with E-state index in [1.807, 2.05) is 62.4 Å². The van der Waals surface area contributed by atoms with E-state index in [0.717, 1.165) is 16.7 Å². The highest BCUT2D eigenvalue weighted by atomic mass is 35.5. The normalized spacial score (nSPS) is 11.4. The third-order valence-corrected chi connectivity index (χ3v) is 9.79. The summed E-state index contributed by atoms with van der Waals surface area (Å²) >= 11 is 12.5. The van der Waals surface area contributed by atoms with Crippen molar-refractivity contribution in [3.8, 4) is 5.69 Å². The summed E-state index contributed by atoms with van der Waals surface area (Å²) < 4.78 is 32.6. The zero-order chi connectivity index (χ0) is 31.8. The summed E-state index contributed by atoms with van der Waals surface area (Å²) in [7, 11) is -2.46. The third kappa shape index (κ3) is 6.04. The average molecular weight is 650 g/mol. The van der Waals surface area contributed by atoms with Gasteiger partial charge in [-0.25, -0.2) is 13.1 Å². The molecule has 0 saturated carbocycles. The molecular weight excluding hydrogens is 619 g/mol. The van der Waals surface area contributed by atoms with Crippen molar-refractivity contribution in [2.45, 2.75) is 32.2 Å². The van der Waals surface area contributed by atoms with Crippen molar-refractivity contribution < 1.29 is 13.2 Å². The number of hydrogen-bond donors (Lipinski definition) is 1. The molecule has 0 aliphatic rings. The Morgan fingerprint density at radius 1 is 0.886 bits per heavy atom. The van der Waals surface area contributed by atoms with Gasteiger partial charge in [-0.3, -0.25) is 18.6 Å². The predicted molar refractivity (Wildman–Crippen MR) is 176 cm³/mol. The Labute approximate surface area is 266 Å². The first kappa shape index (κ1) is 31.1. The van der Waals surface area contributed by atoms with Gasteiger partial charge in [-0.2, -0.15) is 0 Å². The van der Waals surface area contributed by atoms with E-state index in [2.05, 4.69) is 5.32 Å². The number of nitrogens with zero attached hydrogens (tertiary/aromatic N) is 3. The fourth-order valence-corrected chi connectivity index (χ4v) is 6.70. The van der Waals surface area contributed by atoms with Crippen molar-refractivity contribution in [2.24, 2.45) is 7.05 Å². The lowest BCUT2D eigenvalue weighted by Crippen LogP contribution is -2.31. The first-order valence-corrected chi connectivity index (χ1v) is 15.9. The van der Waals surface area contributed by atoms with Gasteiger partial charge in [-0.1, -0.05) is 65.7 Å². The number of amides is 1. The lowest BCUT2D eigenvalue weighted by Gasteiger charge is -2.25. The zero-order valence-corrected chi connectivity index (χ0v) is 26.8. The molecule has 1 N–H and O–H groups in total. The van der Waals surface area contributed by atoms with E-state index in [-0.39, 0.29) is 27.7 Å². The summed E-state index contributed by atoms with van der Waals surface area (Å²) in [5.74, 6) is -0.716. The molecule has 0 radical (unpaired) electrons. The van der Waals surface area contributed by atoms with Crippen LogP contribution >= 0.6 is 23.2 Å². The molecule has 1 aromatic heterocycles. The summed E-state index contributed by atoms with van der Waals surface area (Å²) in [6, 6.07) is 25.3. The highest BCUT2D eigenvalue weighted by molar-refractivity contribution is 7.92. The minimum atomic E-state index is -4.19. The molecule has 8 nitrogen and oxygen atoms in total. The highest BCUT2D eigenvalue weighted by Gasteiger charge is 2.28. The van der Waals surface area contributed by atoms with Crippen LogP contribution in [0, 0.1) is 20.8 Å². The van der Waals surface area contributed by atoms with Crippen LogP contribution in [0.1, 0.15) is 32.7 Å². The van der Waals surface area contributed by atoms with E-state index in [0.29, 0.717) is 22.1 Å². The molecular formula is C33H30Cl2N4O4S. The van der Waals surface area contributed by atoms with Crippen LogP contribution < -0.4 is 15.2 Å². The second-order valence-electron chi connectivity index (χ2n) is 10.5. The minimum Gasteiger partial charge on any atom is -0.316 e. The van der Waals surface area contributed by atoms with Gasteiger partial charge < -0.3 is 5.32 Å². The van der Waals surface area contributed by atoms with E-state index in [1.54, 1.807) is 42.9 Å². The number of carbonyl (C=O) groups is 1. The van der Waals surface area contributed by atoms with Gasteiger partial charge in [0.05, 0.1) is 39.1 Å². The van der Waals surface area contributed by atoms with Gasteiger partial charge in [-0.05, 0) is 86.0 Å². The monoisotopic (exact) mass is 648 g/mol. The van der Waals surface area contributed by atoms with Crippen LogP contribution in [0.4, 0.5) is 11.4 Å². The van der Waals surface area contributed by atoms with Crippen LogP contribution in [0.3, 0.4) is 0 Å². The number of halogens is 2. The molecule has 0 spiro atoms. The topological polar surface area (TPSA) is 93.4 Å². The fraction of sp³-hybridized carbons (Fsp3) is 0.152. The van der Waals surface area contributed by atoms with Crippen LogP contribution in [0.25, 0.3) is 5.69 Å². The number of anilines is 2. The van der Waals surface area contributed by atoms with Crippen LogP contribution in [-0.2, 0) is 23.6 Å². The fourth-order valence-electron chi connectivity index (χ4n) is 4.89. The largest absolute Gasteiger partial charge is 0.316 e. The van der Waals surface area contributed by atoms with Crippen molar-refractivity contribution in [2.75, 3.05) is 9.62 Å². The molecule has 0 atom stereocenters. The molecule has 0 saturated heterocycles. The molecule has 4 aromatic carbocycles. The van der Waals surface area contributed by atoms with Crippen LogP contribution in [0.2, 0.25) is 10.0 Å². The second kappa shape index (κ2) is 12.4. The lowest BCUT2D eigenvalue weighted by molar-refractivity contribution is 0.102. The Morgan fingerprint density at radius 3 is 2.25 bits per heavy atom. The van der Waals surface area contributed by atoms with Gasteiger partial charge in [0.15, 0.2) is 0 Å². The van der Waals surface area contributed by atoms with Crippen LogP contribution in [-0.4, -0.2) is 23.7 Å². The molecule has 0 fully saturated rings. The molecule has 11 heteroatoms. The number of carbonyl (C=O) groups excluding carboxylic acids is 1. The Morgan fingerprint density at radius 2 is 1.57 bits per heavy atom. The maximum atomic E-state index is 14.1. The summed E-state index contributed by atoms with van der Waals surface area (Å²) in [4.78, 5) is 27.0. The quantitative estimate of drug-likeness (QED) is 0.195. The molecule has 44 heavy (non-hydrogen) atoms. The van der Waals surface area contributed by atoms with Crippen LogP contribution in [0.15, 0.2) is 101 Å². The molecule has 1 amide bonds. The number of aromatic nitrogens is 2. The maximum absolute atomic E-state index is 14.1. The molecule has 226 valence electrons. The van der Waals surface area contributed by atoms with Crippen molar-refractivity contribution >= 4 is 50.5 Å². The van der Waals surface area contributed by atoms with Gasteiger partial charge in [-0.15, -0.1) is 0 Å². The first-order valence-electron chi connectivity index (χ1n) is 13.7. The number of aryl methyl sites for hydroxylation is 2. The van der Waals surface area contributed by atoms with E-state index in [9.17, 15) is 18.0 Å². The third-order valence-electron chi connectivity index (χ3n) is 7.44. The second-order valence-corrected chi connectivity index (χ2v) is 13.2. The SMILES string of the molecule is Cc1ccc(C)c(-n2c(=O)c(NC(=O)c3cc(S(=O)(=O)N(Cc4ccccc4)c4ccc(Cl)cc4)ccc3Cl)c(C)n2C)c1. The Kier molecular flexibility index (Phi) is 8.74. The number of benzene rings is 4. The van der Waals surface area contributed by atoms with Gasteiger partial charge in [0.2, 0.25) is 0 Å². The molecule has 0 unspecified atom stereocenters. The number of sulfonamides is 1. The Balaban J connectivity index is 1.53. The molecule has 1 heterocycles. The Bertz CT molecular complexity index is 2040. The first-order chi connectivity index (χ1) is 20.9. The molecule has 5 aromatic rings. The molecule has 0 aliphatic heterocycles. The molecule has 5 rings (SSSR count). The van der Waals surface area contributed by atoms with E-state index >= 15 is 0 Å². The maximum Gasteiger partial charge on any atom is 0.295 e. The molecule has 0 bridgehead atoms. The standard InChI is InChI=1S/C33H30Cl2N4O4S/c1-21-10-11-22(2)30(18-21)39-33(41)31(23(3)37(39)4)36-32(40)28-19-27(16-17-29(28)35)44(42,43)38(20-24-8-6-5-7-9-24)26-14-12-25(34)13-15-26/h5-19H,20H2,1-4H3,(H,36,40). The average Bonchev–Trinajstić information content (AvgIpc) is 3.20. The number of hydrogen-bond acceptors (Lipinski definition) is 4. The minimum absolute atomic E-state index is 0.0333. The van der Waals surface area contributed by atoms with Crippen LogP contribution in [0.5, 0.6) is 0 Å². The van der Waals surface area contributed by atoms with E-state index in [4.69, 9.17) is 23.2 Å². The number of rotatable bonds is 8. The summed E-state index contributed by atoms with van der Waals surface area (Å²) in [6.07, 6.45) is 0. The smallest absolute Gasteiger partial charge is 0.295 e. The summed E-state index contributed by atoms with van der Waals surface area (Å²) in [6.45, 7) is 5.59. The number of nitrogens with one attached hydrogen (secondary N) is 1. The van der Waals surface area contributed by atoms with Gasteiger partial charge in [0.1, 0.15) is 5.69 Å². The summed E-state index contributed by atoms with van der Waals surface area (Å²) in [5, 5.41) is 3.18. The molecule has 0 aliphatic carbocycles. The van der Waals surface area contributed by atoms with Crippen molar-refractivity contribution in [1.29, 1.82) is 0 Å². The predicted octanol–water partition coefficient (Wildman–Crippen LogP) is 7.06. The van der Waals surface area contributed by atoms with Crippen molar-refractivity contribution in [3.05, 3.63) is 139 Å². The zero-order valence-electron chi connectivity index (χ0n) is 24.5. The van der Waals surface area contributed by atoms with E-state index < -0.39 is 21.5 Å². The van der Waals surface area contributed by atoms with Crippen molar-refractivity contribution in [3.63, 3.8) is 0 Å². The Hall–Kier alpha value is -4.31. The highest BCUT2D eigenvalue weighted by Crippen LogP contribution is 2.30.